The van der Waals surface area contributed by atoms with Gasteiger partial charge in [-0.05, 0) is 39.2 Å². The van der Waals surface area contributed by atoms with Crippen molar-refractivity contribution in [2.75, 3.05) is 6.61 Å². The van der Waals surface area contributed by atoms with Crippen LogP contribution in [0.5, 0.6) is 0 Å². The molecule has 5 nitrogen and oxygen atoms in total. The maximum Gasteiger partial charge on any atom is 0.252 e. The highest BCUT2D eigenvalue weighted by atomic mass is 16.5. The summed E-state index contributed by atoms with van der Waals surface area (Å²) >= 11 is 0. The molecule has 1 fully saturated rings. The van der Waals surface area contributed by atoms with E-state index in [1.165, 1.54) is 0 Å². The lowest BCUT2D eigenvalue weighted by atomic mass is 9.89. The van der Waals surface area contributed by atoms with E-state index in [-0.39, 0.29) is 35.9 Å². The molecule has 0 radical (unpaired) electrons. The standard InChI is InChI=1S/C20H30N2O3/c1-13(2)20(5,6)21-19(24)18-17(15-10-8-7-9-11-15)22(14(3)4)16(23)12-25-18/h7-11,13-14,17-18H,12H2,1-6H3,(H,21,24)/t17-,18+/m1/s1. The van der Waals surface area contributed by atoms with Gasteiger partial charge in [-0.15, -0.1) is 0 Å². The van der Waals surface area contributed by atoms with Crippen molar-refractivity contribution < 1.29 is 14.3 Å². The highest BCUT2D eigenvalue weighted by Crippen LogP contribution is 2.32. The minimum atomic E-state index is -0.722. The zero-order valence-corrected chi connectivity index (χ0v) is 16.1. The predicted molar refractivity (Wildman–Crippen MR) is 98.0 cm³/mol. The topological polar surface area (TPSA) is 58.6 Å². The molecule has 0 spiro atoms. The van der Waals surface area contributed by atoms with Gasteiger partial charge in [0.05, 0.1) is 6.04 Å². The van der Waals surface area contributed by atoms with Crippen LogP contribution >= 0.6 is 0 Å². The molecule has 2 rings (SSSR count). The van der Waals surface area contributed by atoms with Gasteiger partial charge in [-0.1, -0.05) is 44.2 Å². The van der Waals surface area contributed by atoms with Crippen LogP contribution in [0, 0.1) is 5.92 Å². The van der Waals surface area contributed by atoms with E-state index in [4.69, 9.17) is 4.74 Å². The molecule has 0 bridgehead atoms. The van der Waals surface area contributed by atoms with Crippen molar-refractivity contribution in [3.05, 3.63) is 35.9 Å². The smallest absolute Gasteiger partial charge is 0.252 e. The molecule has 138 valence electrons. The first-order chi connectivity index (χ1) is 11.6. The Morgan fingerprint density at radius 3 is 2.32 bits per heavy atom. The van der Waals surface area contributed by atoms with Gasteiger partial charge in [-0.25, -0.2) is 0 Å². The highest BCUT2D eigenvalue weighted by Gasteiger charge is 2.44. The summed E-state index contributed by atoms with van der Waals surface area (Å²) in [4.78, 5) is 27.2. The molecular weight excluding hydrogens is 316 g/mol. The zero-order chi connectivity index (χ0) is 18.8. The molecule has 1 heterocycles. The number of hydrogen-bond acceptors (Lipinski definition) is 3. The molecule has 0 aliphatic carbocycles. The fraction of sp³-hybridized carbons (Fsp3) is 0.600. The minimum absolute atomic E-state index is 0.0185. The summed E-state index contributed by atoms with van der Waals surface area (Å²) in [6, 6.07) is 9.19. The van der Waals surface area contributed by atoms with E-state index in [9.17, 15) is 9.59 Å². The number of hydrogen-bond donors (Lipinski definition) is 1. The van der Waals surface area contributed by atoms with Crippen molar-refractivity contribution in [3.8, 4) is 0 Å². The number of nitrogens with one attached hydrogen (secondary N) is 1. The molecule has 1 aromatic rings. The molecule has 1 aliphatic rings. The van der Waals surface area contributed by atoms with Crippen LogP contribution in [-0.4, -0.2) is 41.0 Å². The van der Waals surface area contributed by atoms with Crippen LogP contribution in [-0.2, 0) is 14.3 Å². The Morgan fingerprint density at radius 2 is 1.80 bits per heavy atom. The van der Waals surface area contributed by atoms with Gasteiger partial charge in [-0.3, -0.25) is 9.59 Å². The fourth-order valence-electron chi connectivity index (χ4n) is 2.97. The van der Waals surface area contributed by atoms with Crippen LogP contribution in [0.15, 0.2) is 30.3 Å². The van der Waals surface area contributed by atoms with Crippen molar-refractivity contribution in [1.29, 1.82) is 0 Å². The Morgan fingerprint density at radius 1 is 1.20 bits per heavy atom. The third kappa shape index (κ3) is 4.21. The number of carbonyl (C=O) groups is 2. The molecule has 5 heteroatoms. The molecule has 1 saturated heterocycles. The summed E-state index contributed by atoms with van der Waals surface area (Å²) in [5.74, 6) is 0.0137. The Balaban J connectivity index is 2.37. The number of amides is 2. The first-order valence-corrected chi connectivity index (χ1v) is 8.95. The number of benzene rings is 1. The maximum atomic E-state index is 13.0. The first kappa shape index (κ1) is 19.4. The summed E-state index contributed by atoms with van der Waals surface area (Å²) in [6.07, 6.45) is -0.722. The average molecular weight is 346 g/mol. The summed E-state index contributed by atoms with van der Waals surface area (Å²) < 4.78 is 5.72. The third-order valence-corrected chi connectivity index (χ3v) is 5.11. The van der Waals surface area contributed by atoms with Crippen LogP contribution in [0.1, 0.15) is 53.1 Å². The summed E-state index contributed by atoms with van der Waals surface area (Å²) in [5, 5.41) is 3.10. The molecule has 0 aromatic heterocycles. The first-order valence-electron chi connectivity index (χ1n) is 8.95. The van der Waals surface area contributed by atoms with Gasteiger partial charge in [0.15, 0.2) is 6.10 Å². The normalized spacial score (nSPS) is 21.8. The van der Waals surface area contributed by atoms with Gasteiger partial charge in [0.2, 0.25) is 5.91 Å². The van der Waals surface area contributed by atoms with Crippen LogP contribution < -0.4 is 5.32 Å². The van der Waals surface area contributed by atoms with Crippen molar-refractivity contribution in [3.63, 3.8) is 0 Å². The van der Waals surface area contributed by atoms with Gasteiger partial charge >= 0.3 is 0 Å². The quantitative estimate of drug-likeness (QED) is 0.892. The largest absolute Gasteiger partial charge is 0.356 e. The summed E-state index contributed by atoms with van der Waals surface area (Å²) in [7, 11) is 0. The van der Waals surface area contributed by atoms with Gasteiger partial charge in [0.1, 0.15) is 6.61 Å². The van der Waals surface area contributed by atoms with E-state index in [1.807, 2.05) is 58.0 Å². The van der Waals surface area contributed by atoms with Crippen LogP contribution in [0.3, 0.4) is 0 Å². The Hall–Kier alpha value is -1.88. The Labute approximate surface area is 150 Å². The van der Waals surface area contributed by atoms with Gasteiger partial charge in [0.25, 0.3) is 5.91 Å². The second kappa shape index (κ2) is 7.56. The number of nitrogens with zero attached hydrogens (tertiary/aromatic N) is 1. The lowest BCUT2D eigenvalue weighted by Crippen LogP contribution is -2.59. The number of rotatable bonds is 5. The molecule has 0 unspecified atom stereocenters. The SMILES string of the molecule is CC(C)N1C(=O)CO[C@H](C(=O)NC(C)(C)C(C)C)[C@H]1c1ccccc1. The number of carbonyl (C=O) groups excluding carboxylic acids is 2. The molecule has 1 N–H and O–H groups in total. The van der Waals surface area contributed by atoms with Crippen LogP contribution in [0.25, 0.3) is 0 Å². The van der Waals surface area contributed by atoms with E-state index < -0.39 is 12.1 Å². The van der Waals surface area contributed by atoms with Crippen molar-refractivity contribution in [2.24, 2.45) is 5.92 Å². The van der Waals surface area contributed by atoms with Gasteiger partial charge in [0, 0.05) is 11.6 Å². The van der Waals surface area contributed by atoms with E-state index in [2.05, 4.69) is 19.2 Å². The molecule has 1 aliphatic heterocycles. The van der Waals surface area contributed by atoms with Gasteiger partial charge in [-0.2, -0.15) is 0 Å². The molecule has 2 atom stereocenters. The summed E-state index contributed by atoms with van der Waals surface area (Å²) in [6.45, 7) is 12.0. The minimum Gasteiger partial charge on any atom is -0.356 e. The lowest BCUT2D eigenvalue weighted by molar-refractivity contribution is -0.167. The Bertz CT molecular complexity index is 611. The van der Waals surface area contributed by atoms with E-state index in [0.29, 0.717) is 0 Å². The Kier molecular flexibility index (Phi) is 5.88. The fourth-order valence-corrected chi connectivity index (χ4v) is 2.97. The van der Waals surface area contributed by atoms with Crippen molar-refractivity contribution >= 4 is 11.8 Å². The van der Waals surface area contributed by atoms with E-state index >= 15 is 0 Å². The van der Waals surface area contributed by atoms with Gasteiger partial charge < -0.3 is 15.0 Å². The van der Waals surface area contributed by atoms with Crippen LogP contribution in [0.4, 0.5) is 0 Å². The molecule has 2 amide bonds. The van der Waals surface area contributed by atoms with E-state index in [0.717, 1.165) is 5.56 Å². The molecule has 0 saturated carbocycles. The summed E-state index contributed by atoms with van der Waals surface area (Å²) in [5.41, 5.74) is 0.554. The second-order valence-electron chi connectivity index (χ2n) is 7.85. The van der Waals surface area contributed by atoms with Crippen molar-refractivity contribution in [1.82, 2.24) is 10.2 Å². The molecule has 25 heavy (non-hydrogen) atoms. The van der Waals surface area contributed by atoms with Crippen LogP contribution in [0.2, 0.25) is 0 Å². The predicted octanol–water partition coefficient (Wildman–Crippen LogP) is 2.91. The average Bonchev–Trinajstić information content (AvgIpc) is 2.54. The third-order valence-electron chi connectivity index (χ3n) is 5.11. The number of morpholine rings is 1. The zero-order valence-electron chi connectivity index (χ0n) is 16.1. The lowest BCUT2D eigenvalue weighted by Gasteiger charge is -2.44. The number of ether oxygens (including phenoxy) is 1. The van der Waals surface area contributed by atoms with E-state index in [1.54, 1.807) is 4.90 Å². The molecular formula is C20H30N2O3. The second-order valence-corrected chi connectivity index (χ2v) is 7.85. The van der Waals surface area contributed by atoms with Crippen molar-refractivity contribution in [2.45, 2.75) is 65.3 Å². The monoisotopic (exact) mass is 346 g/mol. The maximum absolute atomic E-state index is 13.0. The molecule has 1 aromatic carbocycles. The highest BCUT2D eigenvalue weighted by molar-refractivity contribution is 5.87.